The van der Waals surface area contributed by atoms with Crippen molar-refractivity contribution in [1.82, 2.24) is 4.90 Å². The number of hydrogen-bond donors (Lipinski definition) is 1. The van der Waals surface area contributed by atoms with E-state index in [1.807, 2.05) is 6.07 Å². The van der Waals surface area contributed by atoms with Crippen molar-refractivity contribution < 1.29 is 14.3 Å². The SMILES string of the molecule is Cc1ccc(CCCCC(=O)Nc2cccc(C(=O)N3CCOCC3)c2)cc1. The third kappa shape index (κ3) is 5.92. The third-order valence-electron chi connectivity index (χ3n) is 4.93. The third-order valence-corrected chi connectivity index (χ3v) is 4.93. The van der Waals surface area contributed by atoms with Gasteiger partial charge in [0.25, 0.3) is 5.91 Å². The molecule has 0 unspecified atom stereocenters. The van der Waals surface area contributed by atoms with Gasteiger partial charge in [-0.1, -0.05) is 35.9 Å². The maximum Gasteiger partial charge on any atom is 0.254 e. The summed E-state index contributed by atoms with van der Waals surface area (Å²) >= 11 is 0. The van der Waals surface area contributed by atoms with Gasteiger partial charge in [-0.25, -0.2) is 0 Å². The molecule has 5 nitrogen and oxygen atoms in total. The second-order valence-electron chi connectivity index (χ2n) is 7.23. The fourth-order valence-corrected chi connectivity index (χ4v) is 3.27. The highest BCUT2D eigenvalue weighted by Gasteiger charge is 2.18. The van der Waals surface area contributed by atoms with E-state index in [1.54, 1.807) is 23.1 Å². The van der Waals surface area contributed by atoms with Crippen LogP contribution in [-0.4, -0.2) is 43.0 Å². The van der Waals surface area contributed by atoms with Gasteiger partial charge in [-0.05, 0) is 49.9 Å². The first kappa shape index (κ1) is 20.1. The van der Waals surface area contributed by atoms with E-state index >= 15 is 0 Å². The monoisotopic (exact) mass is 380 g/mol. The van der Waals surface area contributed by atoms with Crippen molar-refractivity contribution in [2.45, 2.75) is 32.6 Å². The Morgan fingerprint density at radius 1 is 1.04 bits per heavy atom. The van der Waals surface area contributed by atoms with Crippen LogP contribution in [0.5, 0.6) is 0 Å². The van der Waals surface area contributed by atoms with Crippen LogP contribution in [0, 0.1) is 6.92 Å². The molecule has 0 radical (unpaired) electrons. The molecule has 148 valence electrons. The maximum absolute atomic E-state index is 12.6. The Morgan fingerprint density at radius 3 is 2.54 bits per heavy atom. The lowest BCUT2D eigenvalue weighted by molar-refractivity contribution is -0.116. The molecule has 0 bridgehead atoms. The molecular weight excluding hydrogens is 352 g/mol. The average Bonchev–Trinajstić information content (AvgIpc) is 2.73. The molecule has 0 saturated carbocycles. The minimum absolute atomic E-state index is 0.0140. The number of hydrogen-bond acceptors (Lipinski definition) is 3. The van der Waals surface area contributed by atoms with Crippen molar-refractivity contribution in [3.63, 3.8) is 0 Å². The summed E-state index contributed by atoms with van der Waals surface area (Å²) in [7, 11) is 0. The van der Waals surface area contributed by atoms with Crippen LogP contribution in [0.25, 0.3) is 0 Å². The Hall–Kier alpha value is -2.66. The molecule has 2 amide bonds. The Labute approximate surface area is 166 Å². The number of nitrogens with zero attached hydrogens (tertiary/aromatic N) is 1. The largest absolute Gasteiger partial charge is 0.378 e. The summed E-state index contributed by atoms with van der Waals surface area (Å²) in [5.41, 5.74) is 3.83. The minimum Gasteiger partial charge on any atom is -0.378 e. The molecule has 1 aliphatic heterocycles. The van der Waals surface area contributed by atoms with Crippen LogP contribution < -0.4 is 5.32 Å². The molecule has 1 N–H and O–H groups in total. The molecule has 28 heavy (non-hydrogen) atoms. The summed E-state index contributed by atoms with van der Waals surface area (Å²) in [5, 5.41) is 2.91. The predicted octanol–water partition coefficient (Wildman–Crippen LogP) is 3.82. The molecule has 1 fully saturated rings. The van der Waals surface area contributed by atoms with E-state index in [2.05, 4.69) is 36.5 Å². The van der Waals surface area contributed by atoms with Crippen molar-refractivity contribution in [3.8, 4) is 0 Å². The smallest absolute Gasteiger partial charge is 0.254 e. The van der Waals surface area contributed by atoms with Crippen LogP contribution in [0.2, 0.25) is 0 Å². The number of aryl methyl sites for hydroxylation is 2. The van der Waals surface area contributed by atoms with E-state index in [4.69, 9.17) is 4.74 Å². The van der Waals surface area contributed by atoms with Gasteiger partial charge in [0.2, 0.25) is 5.91 Å². The van der Waals surface area contributed by atoms with E-state index < -0.39 is 0 Å². The molecule has 2 aromatic carbocycles. The first-order valence-electron chi connectivity index (χ1n) is 9.94. The van der Waals surface area contributed by atoms with Gasteiger partial charge in [-0.2, -0.15) is 0 Å². The first-order chi connectivity index (χ1) is 13.6. The number of ether oxygens (including phenoxy) is 1. The fraction of sp³-hybridized carbons (Fsp3) is 0.391. The maximum atomic E-state index is 12.6. The Kier molecular flexibility index (Phi) is 7.20. The van der Waals surface area contributed by atoms with Crippen molar-refractivity contribution in [1.29, 1.82) is 0 Å². The number of rotatable bonds is 7. The molecule has 1 aliphatic rings. The van der Waals surface area contributed by atoms with Crippen LogP contribution in [0.1, 0.15) is 40.7 Å². The molecule has 0 spiro atoms. The molecule has 0 aromatic heterocycles. The number of carbonyl (C=O) groups is 2. The highest BCUT2D eigenvalue weighted by atomic mass is 16.5. The molecule has 1 saturated heterocycles. The van der Waals surface area contributed by atoms with Crippen molar-refractivity contribution in [3.05, 3.63) is 65.2 Å². The lowest BCUT2D eigenvalue weighted by Crippen LogP contribution is -2.40. The van der Waals surface area contributed by atoms with Gasteiger partial charge in [0, 0.05) is 30.8 Å². The van der Waals surface area contributed by atoms with Gasteiger partial charge in [-0.3, -0.25) is 9.59 Å². The zero-order valence-corrected chi connectivity index (χ0v) is 16.4. The van der Waals surface area contributed by atoms with Crippen LogP contribution in [-0.2, 0) is 16.0 Å². The number of carbonyl (C=O) groups excluding carboxylic acids is 2. The van der Waals surface area contributed by atoms with Crippen LogP contribution in [0.4, 0.5) is 5.69 Å². The van der Waals surface area contributed by atoms with Gasteiger partial charge in [0.05, 0.1) is 13.2 Å². The topological polar surface area (TPSA) is 58.6 Å². The number of amides is 2. The molecule has 0 atom stereocenters. The highest BCUT2D eigenvalue weighted by Crippen LogP contribution is 2.15. The Balaban J connectivity index is 1.44. The van der Waals surface area contributed by atoms with Crippen LogP contribution in [0.15, 0.2) is 48.5 Å². The summed E-state index contributed by atoms with van der Waals surface area (Å²) in [6.07, 6.45) is 3.28. The zero-order chi connectivity index (χ0) is 19.8. The molecule has 5 heteroatoms. The fourth-order valence-electron chi connectivity index (χ4n) is 3.27. The first-order valence-corrected chi connectivity index (χ1v) is 9.94. The lowest BCUT2D eigenvalue weighted by Gasteiger charge is -2.27. The van der Waals surface area contributed by atoms with Crippen molar-refractivity contribution >= 4 is 17.5 Å². The van der Waals surface area contributed by atoms with E-state index in [0.29, 0.717) is 44.0 Å². The Morgan fingerprint density at radius 2 is 1.79 bits per heavy atom. The highest BCUT2D eigenvalue weighted by molar-refractivity contribution is 5.97. The molecule has 3 rings (SSSR count). The summed E-state index contributed by atoms with van der Waals surface area (Å²) in [4.78, 5) is 26.6. The average molecular weight is 380 g/mol. The normalized spacial score (nSPS) is 14.0. The second kappa shape index (κ2) is 10.0. The number of unbranched alkanes of at least 4 members (excludes halogenated alkanes) is 1. The van der Waals surface area contributed by atoms with E-state index in [0.717, 1.165) is 19.3 Å². The van der Waals surface area contributed by atoms with Gasteiger partial charge >= 0.3 is 0 Å². The Bertz CT molecular complexity index is 796. The van der Waals surface area contributed by atoms with Gasteiger partial charge in [-0.15, -0.1) is 0 Å². The lowest BCUT2D eigenvalue weighted by atomic mass is 10.1. The molecule has 2 aromatic rings. The van der Waals surface area contributed by atoms with E-state index in [9.17, 15) is 9.59 Å². The minimum atomic E-state index is -0.0162. The summed E-state index contributed by atoms with van der Waals surface area (Å²) in [6, 6.07) is 15.7. The standard InChI is InChI=1S/C23H28N2O3/c1-18-9-11-19(12-10-18)5-2-3-8-22(26)24-21-7-4-6-20(17-21)23(27)25-13-15-28-16-14-25/h4,6-7,9-12,17H,2-3,5,8,13-16H2,1H3,(H,24,26). The van der Waals surface area contributed by atoms with Crippen LogP contribution >= 0.6 is 0 Å². The van der Waals surface area contributed by atoms with Gasteiger partial charge in [0.15, 0.2) is 0 Å². The van der Waals surface area contributed by atoms with Crippen LogP contribution in [0.3, 0.4) is 0 Å². The molecule has 1 heterocycles. The number of nitrogens with one attached hydrogen (secondary N) is 1. The number of benzene rings is 2. The van der Waals surface area contributed by atoms with E-state index in [1.165, 1.54) is 11.1 Å². The molecule has 0 aliphatic carbocycles. The van der Waals surface area contributed by atoms with Gasteiger partial charge < -0.3 is 15.0 Å². The number of anilines is 1. The quantitative estimate of drug-likeness (QED) is 0.743. The predicted molar refractivity (Wildman–Crippen MR) is 111 cm³/mol. The summed E-state index contributed by atoms with van der Waals surface area (Å²) < 4.78 is 5.29. The van der Waals surface area contributed by atoms with Crippen molar-refractivity contribution in [2.75, 3.05) is 31.6 Å². The van der Waals surface area contributed by atoms with Crippen molar-refractivity contribution in [2.24, 2.45) is 0 Å². The zero-order valence-electron chi connectivity index (χ0n) is 16.4. The molecular formula is C23H28N2O3. The van der Waals surface area contributed by atoms with E-state index in [-0.39, 0.29) is 11.8 Å². The summed E-state index contributed by atoms with van der Waals surface area (Å²) in [6.45, 7) is 4.44. The summed E-state index contributed by atoms with van der Waals surface area (Å²) in [5.74, 6) is -0.0302. The second-order valence-corrected chi connectivity index (χ2v) is 7.23. The number of morpholine rings is 1. The van der Waals surface area contributed by atoms with Gasteiger partial charge in [0.1, 0.15) is 0 Å².